The van der Waals surface area contributed by atoms with E-state index < -0.39 is 0 Å². The van der Waals surface area contributed by atoms with Crippen molar-refractivity contribution in [2.45, 2.75) is 84.0 Å². The zero-order valence-electron chi connectivity index (χ0n) is 23.3. The summed E-state index contributed by atoms with van der Waals surface area (Å²) in [6, 6.07) is 26.8. The van der Waals surface area contributed by atoms with Crippen molar-refractivity contribution >= 4 is 23.1 Å². The van der Waals surface area contributed by atoms with Crippen LogP contribution >= 0.6 is 0 Å². The van der Waals surface area contributed by atoms with Gasteiger partial charge in [-0.2, -0.15) is 0 Å². The highest BCUT2D eigenvalue weighted by Gasteiger charge is 2.13. The molecule has 0 amide bonds. The maximum absolute atomic E-state index is 11.9. The minimum atomic E-state index is -0.139. The van der Waals surface area contributed by atoms with E-state index in [1.165, 1.54) is 44.9 Å². The Kier molecular flexibility index (Phi) is 15.7. The molecule has 0 unspecified atom stereocenters. The molecule has 0 heterocycles. The van der Waals surface area contributed by atoms with Crippen molar-refractivity contribution in [3.05, 3.63) is 108 Å². The minimum Gasteiger partial charge on any atom is -0.299 e. The predicted molar refractivity (Wildman–Crippen MR) is 158 cm³/mol. The van der Waals surface area contributed by atoms with Crippen molar-refractivity contribution in [2.24, 2.45) is 0 Å². The highest BCUT2D eigenvalue weighted by atomic mass is 16.2. The van der Waals surface area contributed by atoms with Crippen LogP contribution in [0.5, 0.6) is 0 Å². The molecule has 0 aliphatic carbocycles. The quantitative estimate of drug-likeness (QED) is 0.100. The van der Waals surface area contributed by atoms with Gasteiger partial charge in [-0.15, -0.1) is 0 Å². The van der Waals surface area contributed by atoms with Gasteiger partial charge in [-0.25, -0.2) is 0 Å². The van der Waals surface area contributed by atoms with E-state index in [0.717, 1.165) is 12.8 Å². The van der Waals surface area contributed by atoms with Gasteiger partial charge >= 0.3 is 0 Å². The normalized spacial score (nSPS) is 10.3. The van der Waals surface area contributed by atoms with Crippen LogP contribution in [-0.4, -0.2) is 23.1 Å². The SMILES string of the molecule is CCCCCCCCCCCC(=O)CC(=O)c1ccccc1.O=C(CC(=O)c1ccccc1)c1ccccc1. The molecule has 0 N–H and O–H groups in total. The second kappa shape index (κ2) is 19.4. The fourth-order valence-electron chi connectivity index (χ4n) is 4.22. The van der Waals surface area contributed by atoms with Crippen LogP contribution in [0.1, 0.15) is 115 Å². The average Bonchev–Trinajstić information content (AvgIpc) is 2.98. The molecule has 206 valence electrons. The summed E-state index contributed by atoms with van der Waals surface area (Å²) in [5.41, 5.74) is 1.80. The second-order valence-electron chi connectivity index (χ2n) is 9.84. The van der Waals surface area contributed by atoms with E-state index in [4.69, 9.17) is 0 Å². The first kappa shape index (κ1) is 31.6. The maximum Gasteiger partial charge on any atom is 0.170 e. The standard InChI is InChI=1S/C20H30O2.C15H12O2/c1-2-3-4-5-6-7-8-9-13-16-19(21)17-20(22)18-14-11-10-12-15-18;16-14(12-7-3-1-4-8-12)11-15(17)13-9-5-2-6-10-13/h10-12,14-15H,2-9,13,16-17H2,1H3;1-10H,11H2. The number of hydrogen-bond acceptors (Lipinski definition) is 4. The first-order chi connectivity index (χ1) is 19.0. The highest BCUT2D eigenvalue weighted by Crippen LogP contribution is 2.12. The number of hydrogen-bond donors (Lipinski definition) is 0. The molecule has 4 nitrogen and oxygen atoms in total. The number of Topliss-reactive ketones (excluding diaryl/α,β-unsaturated/α-hetero) is 4. The third kappa shape index (κ3) is 13.6. The lowest BCUT2D eigenvalue weighted by molar-refractivity contribution is -0.118. The van der Waals surface area contributed by atoms with Crippen molar-refractivity contribution in [3.63, 3.8) is 0 Å². The monoisotopic (exact) mass is 526 g/mol. The summed E-state index contributed by atoms with van der Waals surface area (Å²) in [7, 11) is 0. The lowest BCUT2D eigenvalue weighted by Gasteiger charge is -2.03. The van der Waals surface area contributed by atoms with Gasteiger partial charge in [0, 0.05) is 23.1 Å². The molecular weight excluding hydrogens is 484 g/mol. The molecule has 0 radical (unpaired) electrons. The third-order valence-electron chi connectivity index (χ3n) is 6.53. The van der Waals surface area contributed by atoms with E-state index in [2.05, 4.69) is 6.92 Å². The molecule has 3 rings (SSSR count). The fraction of sp³-hybridized carbons (Fsp3) is 0.371. The molecule has 0 spiro atoms. The van der Waals surface area contributed by atoms with Crippen LogP contribution in [0.2, 0.25) is 0 Å². The Bertz CT molecular complexity index is 1070. The predicted octanol–water partition coefficient (Wildman–Crippen LogP) is 8.89. The van der Waals surface area contributed by atoms with Gasteiger partial charge in [0.15, 0.2) is 17.3 Å². The van der Waals surface area contributed by atoms with Gasteiger partial charge in [-0.1, -0.05) is 149 Å². The summed E-state index contributed by atoms with van der Waals surface area (Å²) in [5.74, 6) is -0.253. The Morgan fingerprint density at radius 3 is 1.15 bits per heavy atom. The fourth-order valence-corrected chi connectivity index (χ4v) is 4.22. The summed E-state index contributed by atoms with van der Waals surface area (Å²) in [6.07, 6.45) is 11.7. The Hall–Kier alpha value is -3.66. The highest BCUT2D eigenvalue weighted by molar-refractivity contribution is 6.13. The van der Waals surface area contributed by atoms with Crippen LogP contribution in [0.3, 0.4) is 0 Å². The molecule has 0 aliphatic rings. The Morgan fingerprint density at radius 1 is 0.436 bits per heavy atom. The molecule has 0 aromatic heterocycles. The molecule has 0 fully saturated rings. The molecule has 3 aromatic rings. The Morgan fingerprint density at radius 2 is 0.769 bits per heavy atom. The molecule has 0 bridgehead atoms. The number of rotatable bonds is 17. The molecule has 3 aromatic carbocycles. The summed E-state index contributed by atoms with van der Waals surface area (Å²) >= 11 is 0. The molecule has 4 heteroatoms. The second-order valence-corrected chi connectivity index (χ2v) is 9.84. The first-order valence-corrected chi connectivity index (χ1v) is 14.3. The average molecular weight is 527 g/mol. The van der Waals surface area contributed by atoms with E-state index in [-0.39, 0.29) is 36.0 Å². The van der Waals surface area contributed by atoms with Crippen LogP contribution in [-0.2, 0) is 4.79 Å². The minimum absolute atomic E-state index is 0.0541. The van der Waals surface area contributed by atoms with E-state index in [1.54, 1.807) is 60.7 Å². The molecule has 0 saturated heterocycles. The van der Waals surface area contributed by atoms with E-state index >= 15 is 0 Å². The Balaban J connectivity index is 0.000000282. The zero-order valence-corrected chi connectivity index (χ0v) is 23.3. The number of unbranched alkanes of at least 4 members (excludes halogenated alkanes) is 8. The lowest BCUT2D eigenvalue weighted by atomic mass is 10.0. The van der Waals surface area contributed by atoms with Crippen LogP contribution in [0.4, 0.5) is 0 Å². The van der Waals surface area contributed by atoms with Gasteiger partial charge in [0.25, 0.3) is 0 Å². The first-order valence-electron chi connectivity index (χ1n) is 14.3. The largest absolute Gasteiger partial charge is 0.299 e. The van der Waals surface area contributed by atoms with Gasteiger partial charge in [0.1, 0.15) is 5.78 Å². The lowest BCUT2D eigenvalue weighted by Crippen LogP contribution is -2.08. The summed E-state index contributed by atoms with van der Waals surface area (Å²) in [5, 5.41) is 0. The van der Waals surface area contributed by atoms with Crippen LogP contribution in [0.15, 0.2) is 91.0 Å². The third-order valence-corrected chi connectivity index (χ3v) is 6.53. The van der Waals surface area contributed by atoms with Gasteiger partial charge in [-0.3, -0.25) is 19.2 Å². The number of benzene rings is 3. The van der Waals surface area contributed by atoms with Crippen molar-refractivity contribution in [2.75, 3.05) is 0 Å². The van der Waals surface area contributed by atoms with Gasteiger partial charge in [0.2, 0.25) is 0 Å². The van der Waals surface area contributed by atoms with Gasteiger partial charge in [-0.05, 0) is 6.42 Å². The summed E-state index contributed by atoms with van der Waals surface area (Å²) in [4.78, 5) is 47.3. The van der Waals surface area contributed by atoms with E-state index in [1.807, 2.05) is 30.3 Å². The van der Waals surface area contributed by atoms with Crippen molar-refractivity contribution in [1.82, 2.24) is 0 Å². The van der Waals surface area contributed by atoms with Crippen LogP contribution < -0.4 is 0 Å². The van der Waals surface area contributed by atoms with Crippen molar-refractivity contribution < 1.29 is 19.2 Å². The van der Waals surface area contributed by atoms with E-state index in [0.29, 0.717) is 23.1 Å². The summed E-state index contributed by atoms with van der Waals surface area (Å²) < 4.78 is 0. The number of ketones is 4. The van der Waals surface area contributed by atoms with Crippen LogP contribution in [0, 0.1) is 0 Å². The van der Waals surface area contributed by atoms with Crippen LogP contribution in [0.25, 0.3) is 0 Å². The zero-order chi connectivity index (χ0) is 28.1. The molecule has 0 aliphatic heterocycles. The number of carbonyl (C=O) groups excluding carboxylic acids is 4. The van der Waals surface area contributed by atoms with Crippen molar-refractivity contribution in [3.8, 4) is 0 Å². The summed E-state index contributed by atoms with van der Waals surface area (Å²) in [6.45, 7) is 2.24. The van der Waals surface area contributed by atoms with Crippen molar-refractivity contribution in [1.29, 1.82) is 0 Å². The molecule has 0 atom stereocenters. The van der Waals surface area contributed by atoms with Gasteiger partial charge < -0.3 is 0 Å². The Labute approximate surface area is 233 Å². The number of carbonyl (C=O) groups is 4. The van der Waals surface area contributed by atoms with E-state index in [9.17, 15) is 19.2 Å². The molecule has 0 saturated carbocycles. The smallest absolute Gasteiger partial charge is 0.170 e. The molecular formula is C35H42O4. The topological polar surface area (TPSA) is 68.3 Å². The maximum atomic E-state index is 11.9. The molecule has 39 heavy (non-hydrogen) atoms. The van der Waals surface area contributed by atoms with Gasteiger partial charge in [0.05, 0.1) is 12.8 Å².